The Morgan fingerprint density at radius 1 is 1.00 bits per heavy atom. The maximum Gasteiger partial charge on any atom is 0.362 e. The molecule has 0 aliphatic carbocycles. The van der Waals surface area contributed by atoms with Gasteiger partial charge in [0.2, 0.25) is 0 Å². The molecule has 0 radical (unpaired) electrons. The van der Waals surface area contributed by atoms with E-state index in [-0.39, 0.29) is 16.9 Å². The van der Waals surface area contributed by atoms with Crippen molar-refractivity contribution in [2.24, 2.45) is 7.05 Å². The van der Waals surface area contributed by atoms with Crippen molar-refractivity contribution in [1.29, 1.82) is 0 Å². The molecule has 0 aliphatic heterocycles. The van der Waals surface area contributed by atoms with Gasteiger partial charge in [0.15, 0.2) is 11.4 Å². The first-order valence-corrected chi connectivity index (χ1v) is 14.0. The van der Waals surface area contributed by atoms with E-state index in [0.717, 1.165) is 16.5 Å². The van der Waals surface area contributed by atoms with Crippen molar-refractivity contribution in [3.05, 3.63) is 130 Å². The maximum atomic E-state index is 14.3. The number of nitrogen functional groups attached to an aromatic ring is 1. The number of aromatic amines is 1. The SMILES string of the molecule is CC(NC(=O)c1c(N)[nH][n+]2cccnc12)c1nc2cccc(C#Cc3cn(C)c4ccccc34)c2c(=O)n1-c1ccccc1. The number of aromatic nitrogens is 6. The first kappa shape index (κ1) is 26.7. The summed E-state index contributed by atoms with van der Waals surface area (Å²) >= 11 is 0. The number of fused-ring (bicyclic) bond motifs is 3. The molecule has 7 rings (SSSR count). The molecule has 0 bridgehead atoms. The highest BCUT2D eigenvalue weighted by atomic mass is 16.2. The fraction of sp³-hybridized carbons (Fsp3) is 0.0882. The van der Waals surface area contributed by atoms with Crippen LogP contribution in [0.15, 0.2) is 102 Å². The number of H-pyrrole nitrogens is 1. The number of nitrogens with zero attached hydrogens (tertiary/aromatic N) is 5. The molecular formula is C34H27N8O2+. The molecule has 3 aromatic carbocycles. The van der Waals surface area contributed by atoms with Crippen LogP contribution >= 0.6 is 0 Å². The monoisotopic (exact) mass is 579 g/mol. The average Bonchev–Trinajstić information content (AvgIpc) is 3.55. The van der Waals surface area contributed by atoms with Crippen LogP contribution in [-0.4, -0.2) is 30.1 Å². The smallest absolute Gasteiger partial charge is 0.362 e. The van der Waals surface area contributed by atoms with Gasteiger partial charge in [-0.1, -0.05) is 54.3 Å². The number of para-hydroxylation sites is 2. The van der Waals surface area contributed by atoms with E-state index >= 15 is 0 Å². The third-order valence-electron chi connectivity index (χ3n) is 7.61. The number of nitrogens with two attached hydrogens (primary N) is 1. The van der Waals surface area contributed by atoms with Gasteiger partial charge in [-0.15, -0.1) is 4.52 Å². The maximum absolute atomic E-state index is 14.3. The zero-order valence-corrected chi connectivity index (χ0v) is 23.9. The van der Waals surface area contributed by atoms with Crippen molar-refractivity contribution in [1.82, 2.24) is 29.5 Å². The summed E-state index contributed by atoms with van der Waals surface area (Å²) in [7, 11) is 1.98. The van der Waals surface area contributed by atoms with E-state index in [9.17, 15) is 9.59 Å². The summed E-state index contributed by atoms with van der Waals surface area (Å²) in [6.07, 6.45) is 5.29. The lowest BCUT2D eigenvalue weighted by atomic mass is 10.1. The summed E-state index contributed by atoms with van der Waals surface area (Å²) in [6, 6.07) is 23.8. The number of aryl methyl sites for hydroxylation is 1. The largest absolute Gasteiger partial charge is 0.382 e. The van der Waals surface area contributed by atoms with Crippen LogP contribution in [0.25, 0.3) is 33.1 Å². The number of hydrogen-bond acceptors (Lipinski definition) is 5. The van der Waals surface area contributed by atoms with Gasteiger partial charge in [0.25, 0.3) is 11.5 Å². The molecule has 4 N–H and O–H groups in total. The standard InChI is InChI=1S/C34H26N8O2/c1-21(37-33(43)29-30(35)39-41-19-9-18-36-32(29)41)31-38-26-14-8-10-22(28(26)34(44)42(31)24-11-4-3-5-12-24)16-17-23-20-40(2)27-15-7-6-13-25(23)27/h3-15,18-21H,1-2H3,(H3,35,37,39,43)/p+1. The van der Waals surface area contributed by atoms with Crippen LogP contribution in [0.1, 0.15) is 40.3 Å². The molecule has 10 heteroatoms. The van der Waals surface area contributed by atoms with Crippen molar-refractivity contribution < 1.29 is 9.31 Å². The van der Waals surface area contributed by atoms with E-state index in [1.807, 2.05) is 84.5 Å². The van der Waals surface area contributed by atoms with Gasteiger partial charge in [-0.3, -0.25) is 14.2 Å². The summed E-state index contributed by atoms with van der Waals surface area (Å²) in [4.78, 5) is 37.0. The second kappa shape index (κ2) is 10.6. The third-order valence-corrected chi connectivity index (χ3v) is 7.61. The molecule has 44 heavy (non-hydrogen) atoms. The van der Waals surface area contributed by atoms with Gasteiger partial charge in [-0.25, -0.2) is 10.1 Å². The molecular weight excluding hydrogens is 552 g/mol. The van der Waals surface area contributed by atoms with E-state index in [2.05, 4.69) is 27.2 Å². The molecule has 1 unspecified atom stereocenters. The third kappa shape index (κ3) is 4.44. The number of hydrogen-bond donors (Lipinski definition) is 3. The lowest BCUT2D eigenvalue weighted by molar-refractivity contribution is -0.577. The number of nitrogens with one attached hydrogen (secondary N) is 2. The van der Waals surface area contributed by atoms with Crippen LogP contribution < -0.4 is 21.1 Å². The van der Waals surface area contributed by atoms with Gasteiger partial charge < -0.3 is 15.6 Å². The van der Waals surface area contributed by atoms with Crippen LogP contribution in [-0.2, 0) is 7.05 Å². The summed E-state index contributed by atoms with van der Waals surface area (Å²) < 4.78 is 5.14. The van der Waals surface area contributed by atoms with Gasteiger partial charge >= 0.3 is 5.65 Å². The Hall–Kier alpha value is -6.21. The first-order valence-electron chi connectivity index (χ1n) is 14.0. The summed E-state index contributed by atoms with van der Waals surface area (Å²) in [5.41, 5.74) is 10.1. The summed E-state index contributed by atoms with van der Waals surface area (Å²) in [5, 5.41) is 7.32. The van der Waals surface area contributed by atoms with Crippen LogP contribution in [0.4, 0.5) is 5.82 Å². The Morgan fingerprint density at radius 3 is 2.61 bits per heavy atom. The average molecular weight is 580 g/mol. The van der Waals surface area contributed by atoms with Gasteiger partial charge in [0.05, 0.1) is 28.2 Å². The van der Waals surface area contributed by atoms with Crippen LogP contribution in [0.5, 0.6) is 0 Å². The minimum atomic E-state index is -0.678. The Morgan fingerprint density at radius 2 is 1.77 bits per heavy atom. The Bertz CT molecular complexity index is 2360. The molecule has 4 aromatic heterocycles. The Balaban J connectivity index is 1.35. The normalized spacial score (nSPS) is 11.9. The predicted molar refractivity (Wildman–Crippen MR) is 168 cm³/mol. The number of anilines is 1. The fourth-order valence-corrected chi connectivity index (χ4v) is 5.55. The molecule has 214 valence electrons. The highest BCUT2D eigenvalue weighted by Crippen LogP contribution is 2.23. The second-order valence-electron chi connectivity index (χ2n) is 10.5. The number of carbonyl (C=O) groups excluding carboxylic acids is 1. The minimum absolute atomic E-state index is 0.176. The van der Waals surface area contributed by atoms with Crippen molar-refractivity contribution in [3.63, 3.8) is 0 Å². The van der Waals surface area contributed by atoms with Gasteiger partial charge in [0.1, 0.15) is 18.2 Å². The molecule has 4 heterocycles. The minimum Gasteiger partial charge on any atom is -0.382 e. The van der Waals surface area contributed by atoms with Crippen molar-refractivity contribution in [3.8, 4) is 17.5 Å². The molecule has 0 saturated heterocycles. The summed E-state index contributed by atoms with van der Waals surface area (Å²) in [5.74, 6) is 6.60. The highest BCUT2D eigenvalue weighted by Gasteiger charge is 2.27. The molecule has 10 nitrogen and oxygen atoms in total. The summed E-state index contributed by atoms with van der Waals surface area (Å²) in [6.45, 7) is 1.78. The zero-order chi connectivity index (χ0) is 30.4. The highest BCUT2D eigenvalue weighted by molar-refractivity contribution is 6.03. The molecule has 0 fully saturated rings. The number of amides is 1. The lowest BCUT2D eigenvalue weighted by Crippen LogP contribution is -2.34. The number of carbonyl (C=O) groups is 1. The van der Waals surface area contributed by atoms with Gasteiger partial charge in [-0.05, 0) is 42.2 Å². The first-order chi connectivity index (χ1) is 21.4. The van der Waals surface area contributed by atoms with E-state index in [1.54, 1.807) is 36.0 Å². The predicted octanol–water partition coefficient (Wildman–Crippen LogP) is 3.81. The number of rotatable bonds is 4. The molecule has 0 aliphatic rings. The van der Waals surface area contributed by atoms with Crippen molar-refractivity contribution >= 4 is 39.2 Å². The fourth-order valence-electron chi connectivity index (χ4n) is 5.55. The van der Waals surface area contributed by atoms with Gasteiger partial charge in [-0.2, -0.15) is 0 Å². The molecule has 1 atom stereocenters. The van der Waals surface area contributed by atoms with Crippen molar-refractivity contribution in [2.75, 3.05) is 5.73 Å². The van der Waals surface area contributed by atoms with Gasteiger partial charge in [0, 0.05) is 35.8 Å². The number of benzene rings is 3. The second-order valence-corrected chi connectivity index (χ2v) is 10.5. The zero-order valence-electron chi connectivity index (χ0n) is 23.9. The molecule has 0 spiro atoms. The molecule has 7 aromatic rings. The molecule has 1 amide bonds. The van der Waals surface area contributed by atoms with Crippen LogP contribution in [0, 0.1) is 11.8 Å². The van der Waals surface area contributed by atoms with Crippen LogP contribution in [0.2, 0.25) is 0 Å². The van der Waals surface area contributed by atoms with E-state index < -0.39 is 11.9 Å². The van der Waals surface area contributed by atoms with E-state index in [1.165, 1.54) is 4.57 Å². The topological polar surface area (TPSA) is 128 Å². The Kier molecular flexibility index (Phi) is 6.40. The van der Waals surface area contributed by atoms with E-state index in [0.29, 0.717) is 33.6 Å². The lowest BCUT2D eigenvalue weighted by Gasteiger charge is -2.19. The van der Waals surface area contributed by atoms with E-state index in [4.69, 9.17) is 10.7 Å². The van der Waals surface area contributed by atoms with Crippen LogP contribution in [0.3, 0.4) is 0 Å². The molecule has 0 saturated carbocycles. The van der Waals surface area contributed by atoms with Crippen molar-refractivity contribution in [2.45, 2.75) is 13.0 Å². The quantitative estimate of drug-likeness (QED) is 0.216. The Labute approximate surface area is 251 Å².